The van der Waals surface area contributed by atoms with Crippen molar-refractivity contribution in [2.24, 2.45) is 0 Å². The summed E-state index contributed by atoms with van der Waals surface area (Å²) in [7, 11) is -7.93. The van der Waals surface area contributed by atoms with Crippen LogP contribution < -0.4 is 14.3 Å². The predicted molar refractivity (Wildman–Crippen MR) is 154 cm³/mol. The molecule has 4 rings (SSSR count). The highest BCUT2D eigenvalue weighted by Crippen LogP contribution is 2.26. The fourth-order valence-electron chi connectivity index (χ4n) is 3.71. The van der Waals surface area contributed by atoms with E-state index in [0.29, 0.717) is 16.4 Å². The average molecular weight is 584 g/mol. The maximum absolute atomic E-state index is 13.4. The minimum Gasteiger partial charge on any atom is -0.325 e. The first-order valence-corrected chi connectivity index (χ1v) is 15.1. The van der Waals surface area contributed by atoms with Crippen molar-refractivity contribution >= 4 is 54.6 Å². The van der Waals surface area contributed by atoms with Crippen molar-refractivity contribution in [1.82, 2.24) is 0 Å². The van der Waals surface area contributed by atoms with Crippen LogP contribution in [-0.2, 0) is 24.8 Å². The Morgan fingerprint density at radius 1 is 0.744 bits per heavy atom. The van der Waals surface area contributed by atoms with Crippen LogP contribution in [0.2, 0.25) is 5.02 Å². The molecule has 4 aromatic carbocycles. The van der Waals surface area contributed by atoms with Gasteiger partial charge >= 0.3 is 0 Å². The highest BCUT2D eigenvalue weighted by Gasteiger charge is 2.27. The van der Waals surface area contributed by atoms with Crippen molar-refractivity contribution in [3.05, 3.63) is 113 Å². The second-order valence-corrected chi connectivity index (χ2v) is 12.8. The van der Waals surface area contributed by atoms with Gasteiger partial charge in [-0.15, -0.1) is 0 Å². The largest absolute Gasteiger partial charge is 0.325 e. The molecule has 0 aliphatic rings. The number of rotatable bonds is 9. The van der Waals surface area contributed by atoms with Gasteiger partial charge in [-0.3, -0.25) is 13.8 Å². The van der Waals surface area contributed by atoms with Gasteiger partial charge < -0.3 is 5.32 Å². The molecule has 4 aromatic rings. The number of carbonyl (C=O) groups excluding carboxylic acids is 1. The van der Waals surface area contributed by atoms with Crippen LogP contribution in [0.3, 0.4) is 0 Å². The lowest BCUT2D eigenvalue weighted by Crippen LogP contribution is -2.38. The van der Waals surface area contributed by atoms with Gasteiger partial charge in [0.05, 0.1) is 15.5 Å². The summed E-state index contributed by atoms with van der Waals surface area (Å²) in [4.78, 5) is 13.0. The van der Waals surface area contributed by atoms with Crippen LogP contribution >= 0.6 is 11.6 Å². The summed E-state index contributed by atoms with van der Waals surface area (Å²) in [6.07, 6.45) is 0. The van der Waals surface area contributed by atoms with Crippen molar-refractivity contribution < 1.29 is 21.6 Å². The van der Waals surface area contributed by atoms with Crippen LogP contribution in [0.25, 0.3) is 0 Å². The van der Waals surface area contributed by atoms with Crippen molar-refractivity contribution in [3.63, 3.8) is 0 Å². The van der Waals surface area contributed by atoms with E-state index in [2.05, 4.69) is 10.0 Å². The van der Waals surface area contributed by atoms with Gasteiger partial charge in [0, 0.05) is 16.4 Å². The zero-order valence-electron chi connectivity index (χ0n) is 21.1. The molecule has 0 fully saturated rings. The van der Waals surface area contributed by atoms with Gasteiger partial charge in [0.2, 0.25) is 5.91 Å². The molecule has 2 N–H and O–H groups in total. The number of halogens is 1. The Hall–Kier alpha value is -3.86. The molecule has 0 aliphatic carbocycles. The van der Waals surface area contributed by atoms with Gasteiger partial charge in [0.1, 0.15) is 6.54 Å². The Kier molecular flexibility index (Phi) is 8.29. The quantitative estimate of drug-likeness (QED) is 0.267. The summed E-state index contributed by atoms with van der Waals surface area (Å²) in [6, 6.07) is 24.7. The van der Waals surface area contributed by atoms with E-state index in [1.54, 1.807) is 30.3 Å². The fourth-order valence-corrected chi connectivity index (χ4v) is 6.33. The van der Waals surface area contributed by atoms with E-state index in [1.807, 2.05) is 19.9 Å². The third kappa shape index (κ3) is 6.78. The van der Waals surface area contributed by atoms with Crippen LogP contribution in [0.5, 0.6) is 0 Å². The van der Waals surface area contributed by atoms with E-state index in [4.69, 9.17) is 11.6 Å². The Labute approximate surface area is 233 Å². The lowest BCUT2D eigenvalue weighted by molar-refractivity contribution is -0.114. The first-order chi connectivity index (χ1) is 18.5. The molecular weight excluding hydrogens is 558 g/mol. The molecule has 0 saturated heterocycles. The normalized spacial score (nSPS) is 11.6. The third-order valence-electron chi connectivity index (χ3n) is 5.94. The van der Waals surface area contributed by atoms with Crippen molar-refractivity contribution in [2.45, 2.75) is 23.6 Å². The minimum absolute atomic E-state index is 0.00757. The summed E-state index contributed by atoms with van der Waals surface area (Å²) in [5.41, 5.74) is 3.01. The van der Waals surface area contributed by atoms with E-state index < -0.39 is 32.5 Å². The van der Waals surface area contributed by atoms with Crippen LogP contribution in [0.4, 0.5) is 17.1 Å². The SMILES string of the molecule is Cc1ccc(NS(=O)(=O)c2ccc(NC(=O)CN(c3ccc(Cl)cc3)S(=O)(=O)c3ccccc3)cc2)cc1C. The molecule has 0 saturated carbocycles. The lowest BCUT2D eigenvalue weighted by Gasteiger charge is -2.24. The number of benzene rings is 4. The minimum atomic E-state index is -4.07. The molecule has 202 valence electrons. The van der Waals surface area contributed by atoms with Gasteiger partial charge in [-0.05, 0) is 97.8 Å². The van der Waals surface area contributed by atoms with Gasteiger partial charge in [0.15, 0.2) is 0 Å². The van der Waals surface area contributed by atoms with E-state index in [9.17, 15) is 21.6 Å². The summed E-state index contributed by atoms with van der Waals surface area (Å²) >= 11 is 5.97. The van der Waals surface area contributed by atoms with Crippen molar-refractivity contribution in [1.29, 1.82) is 0 Å². The monoisotopic (exact) mass is 583 g/mol. The maximum atomic E-state index is 13.4. The second kappa shape index (κ2) is 11.5. The third-order valence-corrected chi connectivity index (χ3v) is 9.38. The number of nitrogens with one attached hydrogen (secondary N) is 2. The standard InChI is InChI=1S/C28H26ClN3O5S2/c1-20-8-11-24(18-21(20)2)31-38(34,35)26-16-12-23(13-17-26)30-28(33)19-32(25-14-9-22(29)10-15-25)39(36,37)27-6-4-3-5-7-27/h3-18,31H,19H2,1-2H3,(H,30,33). The molecule has 0 radical (unpaired) electrons. The highest BCUT2D eigenvalue weighted by atomic mass is 35.5. The molecule has 0 atom stereocenters. The summed E-state index contributed by atoms with van der Waals surface area (Å²) in [5.74, 6) is -0.617. The van der Waals surface area contributed by atoms with E-state index in [0.717, 1.165) is 15.4 Å². The average Bonchev–Trinajstić information content (AvgIpc) is 2.90. The molecule has 1 amide bonds. The number of hydrogen-bond donors (Lipinski definition) is 2. The van der Waals surface area contributed by atoms with Gasteiger partial charge in [-0.25, -0.2) is 16.8 Å². The maximum Gasteiger partial charge on any atom is 0.264 e. The smallest absolute Gasteiger partial charge is 0.264 e. The number of aryl methyl sites for hydroxylation is 2. The molecule has 11 heteroatoms. The summed E-state index contributed by atoms with van der Waals surface area (Å²) < 4.78 is 56.0. The zero-order valence-corrected chi connectivity index (χ0v) is 23.5. The topological polar surface area (TPSA) is 113 Å². The first kappa shape index (κ1) is 28.2. The van der Waals surface area contributed by atoms with E-state index >= 15 is 0 Å². The predicted octanol–water partition coefficient (Wildman–Crippen LogP) is 5.59. The Bertz CT molecular complexity index is 1690. The number of carbonyl (C=O) groups is 1. The number of anilines is 3. The van der Waals surface area contributed by atoms with E-state index in [1.165, 1.54) is 60.7 Å². The van der Waals surface area contributed by atoms with Gasteiger partial charge in [-0.2, -0.15) is 0 Å². The molecule has 0 aliphatic heterocycles. The molecule has 8 nitrogen and oxygen atoms in total. The highest BCUT2D eigenvalue weighted by molar-refractivity contribution is 7.93. The first-order valence-electron chi connectivity index (χ1n) is 11.8. The van der Waals surface area contributed by atoms with Crippen LogP contribution in [0.1, 0.15) is 11.1 Å². The van der Waals surface area contributed by atoms with Crippen LogP contribution in [-0.4, -0.2) is 29.3 Å². The van der Waals surface area contributed by atoms with Crippen molar-refractivity contribution in [2.75, 3.05) is 20.9 Å². The molecule has 0 heterocycles. The molecule has 0 aromatic heterocycles. The number of nitrogens with zero attached hydrogens (tertiary/aromatic N) is 1. The van der Waals surface area contributed by atoms with Crippen molar-refractivity contribution in [3.8, 4) is 0 Å². The molecule has 0 spiro atoms. The number of hydrogen-bond acceptors (Lipinski definition) is 5. The lowest BCUT2D eigenvalue weighted by atomic mass is 10.1. The van der Waals surface area contributed by atoms with E-state index in [-0.39, 0.29) is 15.5 Å². The number of sulfonamides is 2. The molecule has 0 bridgehead atoms. The summed E-state index contributed by atoms with van der Waals surface area (Å²) in [6.45, 7) is 3.31. The second-order valence-electron chi connectivity index (χ2n) is 8.78. The van der Waals surface area contributed by atoms with Crippen LogP contribution in [0, 0.1) is 13.8 Å². The van der Waals surface area contributed by atoms with Crippen LogP contribution in [0.15, 0.2) is 107 Å². The number of amides is 1. The molecular formula is C28H26ClN3O5S2. The Morgan fingerprint density at radius 2 is 1.36 bits per heavy atom. The Balaban J connectivity index is 1.51. The fraction of sp³-hybridized carbons (Fsp3) is 0.107. The van der Waals surface area contributed by atoms with Gasteiger partial charge in [0.25, 0.3) is 20.0 Å². The Morgan fingerprint density at radius 3 is 1.97 bits per heavy atom. The van der Waals surface area contributed by atoms with Gasteiger partial charge in [-0.1, -0.05) is 35.9 Å². The zero-order chi connectivity index (χ0) is 28.2. The summed E-state index contributed by atoms with van der Waals surface area (Å²) in [5, 5.41) is 3.05. The molecule has 0 unspecified atom stereocenters. The molecule has 39 heavy (non-hydrogen) atoms.